The number of likely N-dealkylation sites (N-methyl/N-ethyl adjacent to an activating group) is 1. The van der Waals surface area contributed by atoms with Crippen molar-refractivity contribution in [2.45, 2.75) is 39.4 Å². The molecule has 22 heavy (non-hydrogen) atoms. The van der Waals surface area contributed by atoms with E-state index in [-0.39, 0.29) is 5.91 Å². The number of imide groups is 1. The number of nitrogens with one attached hydrogen (secondary N) is 2. The standard InChI is InChI=1S/C14H22N6O2/c1-6-9(4)17-18-13-15-11-10(20(13)7-8(2)3)12(21)16-14(22)19(11)5/h10-11H,2,6-7H2,1,3-5H3,(H,15,18)(H,16,21,22)/b17-9+. The average molecular weight is 306 g/mol. The highest BCUT2D eigenvalue weighted by molar-refractivity contribution is 6.03. The van der Waals surface area contributed by atoms with Gasteiger partial charge in [-0.1, -0.05) is 19.1 Å². The number of hydrogen-bond donors (Lipinski definition) is 2. The Bertz CT molecular complexity index is 568. The van der Waals surface area contributed by atoms with E-state index in [1.807, 2.05) is 20.8 Å². The van der Waals surface area contributed by atoms with Gasteiger partial charge in [0.2, 0.25) is 5.96 Å². The Morgan fingerprint density at radius 2 is 2.14 bits per heavy atom. The molecule has 0 radical (unpaired) electrons. The number of guanidine groups is 1. The second kappa shape index (κ2) is 6.17. The van der Waals surface area contributed by atoms with Crippen LogP contribution in [0, 0.1) is 0 Å². The number of nitrogens with zero attached hydrogens (tertiary/aromatic N) is 4. The Hall–Kier alpha value is -2.38. The molecule has 8 nitrogen and oxygen atoms in total. The molecule has 2 heterocycles. The van der Waals surface area contributed by atoms with Gasteiger partial charge < -0.3 is 9.80 Å². The van der Waals surface area contributed by atoms with Crippen LogP contribution in [-0.2, 0) is 4.79 Å². The molecule has 8 heteroatoms. The topological polar surface area (TPSA) is 89.4 Å². The van der Waals surface area contributed by atoms with Gasteiger partial charge in [0.1, 0.15) is 0 Å². The molecule has 1 saturated heterocycles. The smallest absolute Gasteiger partial charge is 0.322 e. The summed E-state index contributed by atoms with van der Waals surface area (Å²) in [5, 5.41) is 6.58. The Morgan fingerprint density at radius 1 is 1.45 bits per heavy atom. The van der Waals surface area contributed by atoms with Gasteiger partial charge >= 0.3 is 6.03 Å². The highest BCUT2D eigenvalue weighted by Gasteiger charge is 2.48. The van der Waals surface area contributed by atoms with Crippen LogP contribution in [0.3, 0.4) is 0 Å². The van der Waals surface area contributed by atoms with Crippen molar-refractivity contribution < 1.29 is 9.59 Å². The Morgan fingerprint density at radius 3 is 2.73 bits per heavy atom. The molecule has 2 aliphatic heterocycles. The monoisotopic (exact) mass is 306 g/mol. The molecule has 2 unspecified atom stereocenters. The van der Waals surface area contributed by atoms with Crippen LogP contribution in [0.15, 0.2) is 22.2 Å². The summed E-state index contributed by atoms with van der Waals surface area (Å²) < 4.78 is 0. The van der Waals surface area contributed by atoms with Gasteiger partial charge in [-0.2, -0.15) is 5.10 Å². The molecule has 2 aliphatic rings. The summed E-state index contributed by atoms with van der Waals surface area (Å²) >= 11 is 0. The minimum absolute atomic E-state index is 0.355. The quantitative estimate of drug-likeness (QED) is 0.449. The minimum atomic E-state index is -0.570. The molecule has 0 aromatic rings. The molecule has 2 rings (SSSR count). The Kier molecular flexibility index (Phi) is 4.48. The van der Waals surface area contributed by atoms with Crippen LogP contribution in [0.25, 0.3) is 0 Å². The predicted molar refractivity (Wildman–Crippen MR) is 84.4 cm³/mol. The number of hydrogen-bond acceptors (Lipinski definition) is 6. The second-order valence-electron chi connectivity index (χ2n) is 5.61. The minimum Gasteiger partial charge on any atom is -0.322 e. The molecular formula is C14H22N6O2. The fourth-order valence-corrected chi connectivity index (χ4v) is 2.31. The summed E-state index contributed by atoms with van der Waals surface area (Å²) in [7, 11) is 1.62. The predicted octanol–water partition coefficient (Wildman–Crippen LogP) is 0.486. The molecule has 2 N–H and O–H groups in total. The number of rotatable bonds is 4. The van der Waals surface area contributed by atoms with Crippen molar-refractivity contribution >= 4 is 23.6 Å². The van der Waals surface area contributed by atoms with Crippen molar-refractivity contribution in [1.29, 1.82) is 0 Å². The van der Waals surface area contributed by atoms with Crippen molar-refractivity contribution in [3.8, 4) is 0 Å². The molecule has 0 aliphatic carbocycles. The third-order valence-corrected chi connectivity index (χ3v) is 3.66. The normalized spacial score (nSPS) is 24.9. The first kappa shape index (κ1) is 16.0. The van der Waals surface area contributed by atoms with Gasteiger partial charge in [0.25, 0.3) is 5.91 Å². The molecule has 1 fully saturated rings. The molecule has 0 bridgehead atoms. The SMILES string of the molecule is C=C(C)CN1C(N/N=C(\C)CC)=NC2C1C(=O)NC(=O)N2C. The van der Waals surface area contributed by atoms with Crippen molar-refractivity contribution in [3.63, 3.8) is 0 Å². The van der Waals surface area contributed by atoms with E-state index in [0.717, 1.165) is 17.7 Å². The summed E-state index contributed by atoms with van der Waals surface area (Å²) in [5.41, 5.74) is 4.71. The second-order valence-corrected chi connectivity index (χ2v) is 5.61. The van der Waals surface area contributed by atoms with Gasteiger partial charge in [-0.05, 0) is 20.3 Å². The van der Waals surface area contributed by atoms with Crippen molar-refractivity contribution in [2.24, 2.45) is 10.1 Å². The first-order valence-corrected chi connectivity index (χ1v) is 7.20. The first-order valence-electron chi connectivity index (χ1n) is 7.20. The maximum absolute atomic E-state index is 12.2. The van der Waals surface area contributed by atoms with Crippen molar-refractivity contribution in [2.75, 3.05) is 13.6 Å². The molecule has 0 spiro atoms. The largest absolute Gasteiger partial charge is 0.325 e. The maximum Gasteiger partial charge on any atom is 0.325 e. The lowest BCUT2D eigenvalue weighted by molar-refractivity contribution is -0.127. The van der Waals surface area contributed by atoms with E-state index in [1.54, 1.807) is 11.9 Å². The summed E-state index contributed by atoms with van der Waals surface area (Å²) in [6.07, 6.45) is 0.257. The van der Waals surface area contributed by atoms with Crippen LogP contribution < -0.4 is 10.7 Å². The zero-order chi connectivity index (χ0) is 16.4. The molecule has 0 aromatic carbocycles. The van der Waals surface area contributed by atoms with Crippen molar-refractivity contribution in [1.82, 2.24) is 20.5 Å². The molecule has 2 atom stereocenters. The molecule has 0 aromatic heterocycles. The van der Waals surface area contributed by atoms with Crippen LogP contribution in [0.5, 0.6) is 0 Å². The first-order chi connectivity index (χ1) is 10.3. The summed E-state index contributed by atoms with van der Waals surface area (Å²) in [4.78, 5) is 31.6. The number of hydrazone groups is 1. The maximum atomic E-state index is 12.2. The van der Waals surface area contributed by atoms with Gasteiger partial charge in [-0.25, -0.2) is 15.2 Å². The van der Waals surface area contributed by atoms with E-state index < -0.39 is 18.2 Å². The third-order valence-electron chi connectivity index (χ3n) is 3.66. The van der Waals surface area contributed by atoms with E-state index in [4.69, 9.17) is 0 Å². The van der Waals surface area contributed by atoms with Crippen LogP contribution in [0.2, 0.25) is 0 Å². The van der Waals surface area contributed by atoms with E-state index in [9.17, 15) is 9.59 Å². The fraction of sp³-hybridized carbons (Fsp3) is 0.571. The lowest BCUT2D eigenvalue weighted by Crippen LogP contribution is -2.64. The highest BCUT2D eigenvalue weighted by atomic mass is 16.2. The van der Waals surface area contributed by atoms with E-state index in [2.05, 4.69) is 27.4 Å². The van der Waals surface area contributed by atoms with Gasteiger partial charge in [0.15, 0.2) is 12.2 Å². The summed E-state index contributed by atoms with van der Waals surface area (Å²) in [6.45, 7) is 10.1. The zero-order valence-corrected chi connectivity index (χ0v) is 13.4. The number of urea groups is 1. The third kappa shape index (κ3) is 2.95. The van der Waals surface area contributed by atoms with Crippen molar-refractivity contribution in [3.05, 3.63) is 12.2 Å². The lowest BCUT2D eigenvalue weighted by Gasteiger charge is -2.36. The zero-order valence-electron chi connectivity index (χ0n) is 13.4. The lowest BCUT2D eigenvalue weighted by atomic mass is 10.1. The van der Waals surface area contributed by atoms with Crippen LogP contribution in [-0.4, -0.2) is 59.2 Å². The van der Waals surface area contributed by atoms with Gasteiger partial charge in [0, 0.05) is 19.3 Å². The molecular weight excluding hydrogens is 284 g/mol. The van der Waals surface area contributed by atoms with Crippen LogP contribution >= 0.6 is 0 Å². The van der Waals surface area contributed by atoms with E-state index >= 15 is 0 Å². The number of amides is 3. The number of fused-ring (bicyclic) bond motifs is 1. The Labute approximate surface area is 129 Å². The molecule has 3 amide bonds. The van der Waals surface area contributed by atoms with E-state index in [1.165, 1.54) is 4.90 Å². The summed E-state index contributed by atoms with van der Waals surface area (Å²) in [6, 6.07) is -1.02. The number of aliphatic imine (C=N–C) groups is 1. The summed E-state index contributed by atoms with van der Waals surface area (Å²) in [5.74, 6) is 0.119. The van der Waals surface area contributed by atoms with Crippen LogP contribution in [0.4, 0.5) is 4.79 Å². The highest BCUT2D eigenvalue weighted by Crippen LogP contribution is 2.23. The number of carbonyl (C=O) groups is 2. The average Bonchev–Trinajstić information content (AvgIpc) is 2.80. The molecule has 120 valence electrons. The van der Waals surface area contributed by atoms with Gasteiger partial charge in [-0.3, -0.25) is 10.1 Å². The van der Waals surface area contributed by atoms with Crippen LogP contribution in [0.1, 0.15) is 27.2 Å². The van der Waals surface area contributed by atoms with E-state index in [0.29, 0.717) is 12.5 Å². The Balaban J connectivity index is 2.30. The van der Waals surface area contributed by atoms with Gasteiger partial charge in [0.05, 0.1) is 0 Å². The fourth-order valence-electron chi connectivity index (χ4n) is 2.31. The van der Waals surface area contributed by atoms with Gasteiger partial charge in [-0.15, -0.1) is 0 Å². The number of carbonyl (C=O) groups excluding carboxylic acids is 2. The molecule has 0 saturated carbocycles.